The molecule has 0 N–H and O–H groups in total. The molecule has 3 amide bonds. The molecule has 1 fully saturated rings. The fraction of sp³-hybridized carbons (Fsp3) is 0.346. The number of hydrogen-bond acceptors (Lipinski definition) is 7. The number of pyridine rings is 1. The Balaban J connectivity index is 1.47. The number of carbonyl (C=O) groups excluding carboxylic acids is 3. The topological polar surface area (TPSA) is 106 Å². The van der Waals surface area contributed by atoms with Crippen LogP contribution in [0.25, 0.3) is 0 Å². The van der Waals surface area contributed by atoms with Crippen LogP contribution in [0.3, 0.4) is 0 Å². The van der Waals surface area contributed by atoms with Gasteiger partial charge in [-0.05, 0) is 31.0 Å². The van der Waals surface area contributed by atoms with Gasteiger partial charge in [-0.3, -0.25) is 24.3 Å². The van der Waals surface area contributed by atoms with Crippen molar-refractivity contribution in [2.75, 3.05) is 20.2 Å². The first kappa shape index (κ1) is 24.1. The SMILES string of the molecule is Cc1cc(CN(C)C(=O)C[C@]2(c3ccccc3)CC(=O)N(CCCOc3cccnc3)C2=O)on1. The van der Waals surface area contributed by atoms with E-state index in [0.717, 1.165) is 5.69 Å². The minimum Gasteiger partial charge on any atom is -0.492 e. The van der Waals surface area contributed by atoms with Crippen LogP contribution in [-0.4, -0.2) is 57.9 Å². The molecule has 182 valence electrons. The highest BCUT2D eigenvalue weighted by Crippen LogP contribution is 2.40. The summed E-state index contributed by atoms with van der Waals surface area (Å²) >= 11 is 0. The van der Waals surface area contributed by atoms with Crippen molar-refractivity contribution in [3.05, 3.63) is 77.9 Å². The molecule has 0 saturated carbocycles. The maximum Gasteiger partial charge on any atom is 0.240 e. The lowest BCUT2D eigenvalue weighted by Gasteiger charge is -2.29. The summed E-state index contributed by atoms with van der Waals surface area (Å²) in [6.07, 6.45) is 3.56. The van der Waals surface area contributed by atoms with Gasteiger partial charge in [0.25, 0.3) is 0 Å². The number of imide groups is 1. The fourth-order valence-electron chi connectivity index (χ4n) is 4.30. The lowest BCUT2D eigenvalue weighted by molar-refractivity contribution is -0.142. The van der Waals surface area contributed by atoms with Crippen LogP contribution in [0.15, 0.2) is 65.4 Å². The summed E-state index contributed by atoms with van der Waals surface area (Å²) in [5.74, 6) is 0.275. The molecule has 1 aliphatic heterocycles. The number of aryl methyl sites for hydroxylation is 1. The van der Waals surface area contributed by atoms with Crippen molar-refractivity contribution >= 4 is 17.7 Å². The number of benzene rings is 1. The molecule has 0 bridgehead atoms. The molecular formula is C26H28N4O5. The van der Waals surface area contributed by atoms with Crippen LogP contribution in [0, 0.1) is 6.92 Å². The second-order valence-corrected chi connectivity index (χ2v) is 8.73. The Hall–Kier alpha value is -4.01. The molecule has 1 aromatic carbocycles. The molecule has 0 unspecified atom stereocenters. The number of rotatable bonds is 10. The zero-order valence-electron chi connectivity index (χ0n) is 19.8. The van der Waals surface area contributed by atoms with Gasteiger partial charge < -0.3 is 14.2 Å². The van der Waals surface area contributed by atoms with Crippen LogP contribution in [0.4, 0.5) is 0 Å². The van der Waals surface area contributed by atoms with Gasteiger partial charge in [-0.25, -0.2) is 0 Å². The second kappa shape index (κ2) is 10.5. The van der Waals surface area contributed by atoms with Gasteiger partial charge in [-0.15, -0.1) is 0 Å². The first-order valence-corrected chi connectivity index (χ1v) is 11.5. The highest BCUT2D eigenvalue weighted by molar-refractivity contribution is 6.10. The molecule has 2 aromatic heterocycles. The zero-order valence-corrected chi connectivity index (χ0v) is 19.8. The summed E-state index contributed by atoms with van der Waals surface area (Å²) in [5, 5.41) is 3.85. The van der Waals surface area contributed by atoms with Crippen molar-refractivity contribution in [1.82, 2.24) is 19.9 Å². The predicted octanol–water partition coefficient (Wildman–Crippen LogP) is 2.89. The third-order valence-corrected chi connectivity index (χ3v) is 6.11. The van der Waals surface area contributed by atoms with E-state index in [2.05, 4.69) is 10.1 Å². The van der Waals surface area contributed by atoms with Gasteiger partial charge in [0, 0.05) is 38.7 Å². The largest absolute Gasteiger partial charge is 0.492 e. The minimum absolute atomic E-state index is 0.0553. The monoisotopic (exact) mass is 476 g/mol. The summed E-state index contributed by atoms with van der Waals surface area (Å²) < 4.78 is 10.9. The fourth-order valence-corrected chi connectivity index (χ4v) is 4.30. The van der Waals surface area contributed by atoms with Crippen molar-refractivity contribution in [3.8, 4) is 5.75 Å². The van der Waals surface area contributed by atoms with Crippen LogP contribution in [0.1, 0.15) is 36.3 Å². The van der Waals surface area contributed by atoms with Crippen molar-refractivity contribution in [2.24, 2.45) is 0 Å². The van der Waals surface area contributed by atoms with E-state index in [0.29, 0.717) is 30.1 Å². The summed E-state index contributed by atoms with van der Waals surface area (Å²) in [7, 11) is 1.65. The minimum atomic E-state index is -1.24. The molecule has 3 aromatic rings. The maximum absolute atomic E-state index is 13.7. The smallest absolute Gasteiger partial charge is 0.240 e. The molecule has 0 spiro atoms. The van der Waals surface area contributed by atoms with E-state index >= 15 is 0 Å². The second-order valence-electron chi connectivity index (χ2n) is 8.73. The first-order chi connectivity index (χ1) is 16.9. The molecule has 1 aliphatic rings. The number of ether oxygens (including phenoxy) is 1. The maximum atomic E-state index is 13.7. The van der Waals surface area contributed by atoms with Gasteiger partial charge in [0.15, 0.2) is 5.76 Å². The van der Waals surface area contributed by atoms with Gasteiger partial charge in [-0.1, -0.05) is 35.5 Å². The molecule has 0 radical (unpaired) electrons. The van der Waals surface area contributed by atoms with Gasteiger partial charge in [-0.2, -0.15) is 0 Å². The van der Waals surface area contributed by atoms with Gasteiger partial charge in [0.1, 0.15) is 5.75 Å². The van der Waals surface area contributed by atoms with Crippen molar-refractivity contribution < 1.29 is 23.6 Å². The van der Waals surface area contributed by atoms with Crippen LogP contribution in [0.2, 0.25) is 0 Å². The Morgan fingerprint density at radius 2 is 2.00 bits per heavy atom. The van der Waals surface area contributed by atoms with E-state index in [1.54, 1.807) is 56.7 Å². The van der Waals surface area contributed by atoms with E-state index in [4.69, 9.17) is 9.26 Å². The van der Waals surface area contributed by atoms with E-state index < -0.39 is 5.41 Å². The molecule has 1 atom stereocenters. The average molecular weight is 477 g/mol. The van der Waals surface area contributed by atoms with Crippen LogP contribution in [0.5, 0.6) is 5.75 Å². The summed E-state index contributed by atoms with van der Waals surface area (Å²) in [4.78, 5) is 46.6. The third-order valence-electron chi connectivity index (χ3n) is 6.11. The summed E-state index contributed by atoms with van der Waals surface area (Å²) in [6.45, 7) is 2.58. The van der Waals surface area contributed by atoms with Crippen molar-refractivity contribution in [3.63, 3.8) is 0 Å². The van der Waals surface area contributed by atoms with Crippen LogP contribution in [-0.2, 0) is 26.3 Å². The summed E-state index contributed by atoms with van der Waals surface area (Å²) in [5.41, 5.74) is 0.136. The standard InChI is InChI=1S/C26H28N4O5/c1-19-14-22(35-28-19)18-29(2)23(31)15-26(20-8-4-3-5-9-20)16-24(32)30(25(26)33)12-7-13-34-21-10-6-11-27-17-21/h3-6,8-11,14,17H,7,12-13,15-16,18H2,1-2H3/t26-/m1/s1. The number of carbonyl (C=O) groups is 3. The number of amides is 3. The van der Waals surface area contributed by atoms with E-state index in [9.17, 15) is 14.4 Å². The van der Waals surface area contributed by atoms with Gasteiger partial charge >= 0.3 is 0 Å². The quantitative estimate of drug-likeness (QED) is 0.327. The van der Waals surface area contributed by atoms with E-state index in [1.165, 1.54) is 9.80 Å². The Morgan fingerprint density at radius 3 is 2.69 bits per heavy atom. The molecule has 4 rings (SSSR count). The molecule has 3 heterocycles. The molecule has 9 nitrogen and oxygen atoms in total. The van der Waals surface area contributed by atoms with Gasteiger partial charge in [0.2, 0.25) is 17.7 Å². The highest BCUT2D eigenvalue weighted by atomic mass is 16.5. The number of nitrogens with zero attached hydrogens (tertiary/aromatic N) is 4. The number of likely N-dealkylation sites (tertiary alicyclic amines) is 1. The lowest BCUT2D eigenvalue weighted by Crippen LogP contribution is -2.43. The van der Waals surface area contributed by atoms with Crippen molar-refractivity contribution in [1.29, 1.82) is 0 Å². The molecular weight excluding hydrogens is 448 g/mol. The van der Waals surface area contributed by atoms with E-state index in [1.807, 2.05) is 18.2 Å². The zero-order chi connectivity index (χ0) is 24.8. The van der Waals surface area contributed by atoms with Crippen molar-refractivity contribution in [2.45, 2.75) is 38.1 Å². The molecule has 9 heteroatoms. The lowest BCUT2D eigenvalue weighted by atomic mass is 9.75. The third kappa shape index (κ3) is 5.40. The average Bonchev–Trinajstić information content (AvgIpc) is 3.38. The van der Waals surface area contributed by atoms with Crippen LogP contribution >= 0.6 is 0 Å². The first-order valence-electron chi connectivity index (χ1n) is 11.5. The Bertz CT molecular complexity index is 1180. The normalized spacial score (nSPS) is 17.6. The highest BCUT2D eigenvalue weighted by Gasteiger charge is 2.53. The number of hydrogen-bond donors (Lipinski definition) is 0. The molecule has 1 saturated heterocycles. The molecule has 35 heavy (non-hydrogen) atoms. The molecule has 0 aliphatic carbocycles. The van der Waals surface area contributed by atoms with Gasteiger partial charge in [0.05, 0.1) is 30.5 Å². The Kier molecular flexibility index (Phi) is 7.24. The van der Waals surface area contributed by atoms with E-state index in [-0.39, 0.29) is 43.7 Å². The predicted molar refractivity (Wildman–Crippen MR) is 126 cm³/mol. The summed E-state index contributed by atoms with van der Waals surface area (Å²) in [6, 6.07) is 14.4. The number of aromatic nitrogens is 2. The van der Waals surface area contributed by atoms with Crippen LogP contribution < -0.4 is 4.74 Å². The Morgan fingerprint density at radius 1 is 1.20 bits per heavy atom. The Labute approximate surface area is 203 Å².